The van der Waals surface area contributed by atoms with Crippen LogP contribution in [-0.2, 0) is 0 Å². The van der Waals surface area contributed by atoms with E-state index in [2.05, 4.69) is 62.3 Å². The Morgan fingerprint density at radius 1 is 1.09 bits per heavy atom. The molecule has 1 N–H and O–H groups in total. The summed E-state index contributed by atoms with van der Waals surface area (Å²) in [5.41, 5.74) is 5.74. The molecule has 0 bridgehead atoms. The molecule has 1 aromatic carbocycles. The van der Waals surface area contributed by atoms with Gasteiger partial charge < -0.3 is 5.32 Å². The smallest absolute Gasteiger partial charge is 0.0813 e. The van der Waals surface area contributed by atoms with Crippen LogP contribution in [0.2, 0.25) is 0 Å². The van der Waals surface area contributed by atoms with Gasteiger partial charge in [0.1, 0.15) is 0 Å². The summed E-state index contributed by atoms with van der Waals surface area (Å²) in [6.45, 7) is 10.1. The van der Waals surface area contributed by atoms with Gasteiger partial charge in [0.25, 0.3) is 0 Å². The van der Waals surface area contributed by atoms with Gasteiger partial charge in [0.05, 0.1) is 26.1 Å². The number of anilines is 1. The summed E-state index contributed by atoms with van der Waals surface area (Å²) in [6, 6.07) is 8.69. The Labute approximate surface area is 135 Å². The van der Waals surface area contributed by atoms with Crippen LogP contribution >= 0.6 is 11.3 Å². The molecule has 4 heteroatoms. The van der Waals surface area contributed by atoms with Gasteiger partial charge in [-0.05, 0) is 63.1 Å². The van der Waals surface area contributed by atoms with Gasteiger partial charge in [0.15, 0.2) is 0 Å². The molecule has 0 radical (unpaired) electrons. The molecule has 0 amide bonds. The first-order valence-electron chi connectivity index (χ1n) is 7.72. The van der Waals surface area contributed by atoms with Crippen molar-refractivity contribution in [3.63, 3.8) is 0 Å². The van der Waals surface area contributed by atoms with Gasteiger partial charge in [0, 0.05) is 18.8 Å². The standard InChI is InChI=1S/C18H21N3S/c1-5-19-13-9-17-15(7-11(13)3)21-16-8-12(4)14(20-6-2)10-18(16)22-17/h7-10,19H,5-6H2,1-4H3/b20-14-. The van der Waals surface area contributed by atoms with Gasteiger partial charge >= 0.3 is 0 Å². The van der Waals surface area contributed by atoms with Gasteiger partial charge in [-0.2, -0.15) is 0 Å². The van der Waals surface area contributed by atoms with Crippen molar-refractivity contribution in [2.45, 2.75) is 27.7 Å². The molecule has 0 unspecified atom stereocenters. The van der Waals surface area contributed by atoms with Crippen molar-refractivity contribution >= 4 is 27.2 Å². The van der Waals surface area contributed by atoms with Gasteiger partial charge in [-0.1, -0.05) is 0 Å². The van der Waals surface area contributed by atoms with Crippen molar-refractivity contribution < 1.29 is 0 Å². The van der Waals surface area contributed by atoms with E-state index in [1.807, 2.05) is 0 Å². The molecule has 0 saturated heterocycles. The lowest BCUT2D eigenvalue weighted by Gasteiger charge is -2.12. The Morgan fingerprint density at radius 2 is 1.91 bits per heavy atom. The van der Waals surface area contributed by atoms with E-state index < -0.39 is 0 Å². The van der Waals surface area contributed by atoms with Crippen molar-refractivity contribution in [2.24, 2.45) is 4.99 Å². The van der Waals surface area contributed by atoms with Crippen molar-refractivity contribution in [2.75, 3.05) is 18.4 Å². The second-order valence-electron chi connectivity index (χ2n) is 5.46. The van der Waals surface area contributed by atoms with E-state index in [0.29, 0.717) is 0 Å². The Morgan fingerprint density at radius 3 is 2.64 bits per heavy atom. The number of hydrogen-bond donors (Lipinski definition) is 1. The number of benzene rings is 2. The van der Waals surface area contributed by atoms with E-state index in [1.54, 1.807) is 11.3 Å². The maximum atomic E-state index is 4.84. The van der Waals surface area contributed by atoms with Crippen LogP contribution in [0, 0.1) is 13.8 Å². The fourth-order valence-electron chi connectivity index (χ4n) is 2.64. The van der Waals surface area contributed by atoms with Crippen molar-refractivity contribution in [1.29, 1.82) is 0 Å². The van der Waals surface area contributed by atoms with Crippen LogP contribution in [0.5, 0.6) is 0 Å². The first-order chi connectivity index (χ1) is 10.6. The Balaban J connectivity index is 2.28. The number of aromatic nitrogens is 1. The lowest BCUT2D eigenvalue weighted by atomic mass is 10.1. The second kappa shape index (κ2) is 6.05. The highest BCUT2D eigenvalue weighted by atomic mass is 32.1. The molecule has 0 spiro atoms. The zero-order valence-electron chi connectivity index (χ0n) is 13.5. The Bertz CT molecular complexity index is 864. The van der Waals surface area contributed by atoms with Crippen molar-refractivity contribution in [3.8, 4) is 10.6 Å². The van der Waals surface area contributed by atoms with Gasteiger partial charge in [-0.25, -0.2) is 4.98 Å². The van der Waals surface area contributed by atoms with Crippen molar-refractivity contribution in [3.05, 3.63) is 40.7 Å². The van der Waals surface area contributed by atoms with Crippen LogP contribution in [0.3, 0.4) is 0 Å². The molecular weight excluding hydrogens is 290 g/mol. The molecule has 0 atom stereocenters. The van der Waals surface area contributed by atoms with Gasteiger partial charge in [-0.3, -0.25) is 4.99 Å². The lowest BCUT2D eigenvalue weighted by Crippen LogP contribution is -2.08. The van der Waals surface area contributed by atoms with Crippen LogP contribution in [0.1, 0.15) is 25.0 Å². The molecule has 0 aromatic heterocycles. The number of nitrogens with zero attached hydrogens (tertiary/aromatic N) is 2. The predicted molar refractivity (Wildman–Crippen MR) is 96.0 cm³/mol. The van der Waals surface area contributed by atoms with Crippen LogP contribution in [0.15, 0.2) is 29.3 Å². The van der Waals surface area contributed by atoms with E-state index in [4.69, 9.17) is 4.98 Å². The summed E-state index contributed by atoms with van der Waals surface area (Å²) in [4.78, 5) is 10.6. The molecule has 1 aliphatic heterocycles. The number of fused-ring (bicyclic) bond motifs is 2. The molecule has 2 aliphatic rings. The first-order valence-corrected chi connectivity index (χ1v) is 8.54. The van der Waals surface area contributed by atoms with E-state index in [0.717, 1.165) is 29.7 Å². The third-order valence-corrected chi connectivity index (χ3v) is 4.83. The number of aryl methyl sites for hydroxylation is 2. The normalized spacial score (nSPS) is 12.3. The molecule has 1 aromatic rings. The molecule has 1 heterocycles. The topological polar surface area (TPSA) is 37.3 Å². The molecule has 0 saturated carbocycles. The third kappa shape index (κ3) is 2.71. The van der Waals surface area contributed by atoms with Crippen LogP contribution in [0.25, 0.3) is 20.8 Å². The summed E-state index contributed by atoms with van der Waals surface area (Å²) in [5.74, 6) is 0. The Hall–Kier alpha value is -1.94. The van der Waals surface area contributed by atoms with Crippen LogP contribution in [0.4, 0.5) is 5.69 Å². The molecule has 3 rings (SSSR count). The number of rotatable bonds is 3. The van der Waals surface area contributed by atoms with Crippen molar-refractivity contribution in [1.82, 2.24) is 4.98 Å². The molecular formula is C18H21N3S. The highest BCUT2D eigenvalue weighted by Crippen LogP contribution is 2.33. The minimum atomic E-state index is 0.807. The fourth-order valence-corrected chi connectivity index (χ4v) is 3.65. The van der Waals surface area contributed by atoms with E-state index >= 15 is 0 Å². The predicted octanol–water partition coefficient (Wildman–Crippen LogP) is 4.37. The summed E-state index contributed by atoms with van der Waals surface area (Å²) in [6.07, 6.45) is 0. The molecule has 114 valence electrons. The largest absolute Gasteiger partial charge is 0.385 e. The minimum Gasteiger partial charge on any atom is -0.385 e. The zero-order chi connectivity index (χ0) is 15.7. The maximum absolute atomic E-state index is 4.84. The number of nitrogens with one attached hydrogen (secondary N) is 1. The summed E-state index contributed by atoms with van der Waals surface area (Å²) < 4.78 is 1.21. The van der Waals surface area contributed by atoms with E-state index in [-0.39, 0.29) is 0 Å². The quantitative estimate of drug-likeness (QED) is 0.729. The summed E-state index contributed by atoms with van der Waals surface area (Å²) >= 11 is 1.79. The van der Waals surface area contributed by atoms with Gasteiger partial charge in [0.2, 0.25) is 0 Å². The first kappa shape index (κ1) is 15.0. The van der Waals surface area contributed by atoms with Crippen LogP contribution < -0.4 is 10.7 Å². The minimum absolute atomic E-state index is 0.807. The third-order valence-electron chi connectivity index (χ3n) is 3.74. The summed E-state index contributed by atoms with van der Waals surface area (Å²) in [5, 5.41) is 4.49. The molecule has 22 heavy (non-hydrogen) atoms. The molecule has 0 fully saturated rings. The highest BCUT2D eigenvalue weighted by Gasteiger charge is 2.10. The molecule has 3 nitrogen and oxygen atoms in total. The fraction of sp³-hybridized carbons (Fsp3) is 0.333. The second-order valence-corrected chi connectivity index (χ2v) is 6.54. The highest BCUT2D eigenvalue weighted by molar-refractivity contribution is 7.21. The van der Waals surface area contributed by atoms with Crippen LogP contribution in [-0.4, -0.2) is 18.1 Å². The van der Waals surface area contributed by atoms with Gasteiger partial charge in [-0.15, -0.1) is 11.3 Å². The average Bonchev–Trinajstić information content (AvgIpc) is 2.48. The zero-order valence-corrected chi connectivity index (χ0v) is 14.3. The average molecular weight is 311 g/mol. The monoisotopic (exact) mass is 311 g/mol. The van der Waals surface area contributed by atoms with E-state index in [1.165, 1.54) is 26.4 Å². The SMILES string of the molecule is CC/N=c1/cc2sc3cc(NCC)c(C)cc3nc-2cc1C. The maximum Gasteiger partial charge on any atom is 0.0813 e. The molecule has 1 aliphatic carbocycles. The lowest BCUT2D eigenvalue weighted by molar-refractivity contribution is 1.05. The number of hydrogen-bond acceptors (Lipinski definition) is 4. The van der Waals surface area contributed by atoms with E-state index in [9.17, 15) is 0 Å². The summed E-state index contributed by atoms with van der Waals surface area (Å²) in [7, 11) is 0. The Kier molecular flexibility index (Phi) is 4.12.